The summed E-state index contributed by atoms with van der Waals surface area (Å²) in [5, 5.41) is 4.25. The zero-order valence-electron chi connectivity index (χ0n) is 12.0. The van der Waals surface area contributed by atoms with Crippen molar-refractivity contribution >= 4 is 11.7 Å². The molecule has 0 saturated heterocycles. The molecule has 2 atom stereocenters. The largest absolute Gasteiger partial charge is 0.458 e. The van der Waals surface area contributed by atoms with Crippen molar-refractivity contribution in [3.8, 4) is 0 Å². The molecule has 106 valence electrons. The fourth-order valence-electron chi connectivity index (χ4n) is 2.79. The van der Waals surface area contributed by atoms with Crippen LogP contribution in [0.15, 0.2) is 0 Å². The van der Waals surface area contributed by atoms with E-state index in [1.165, 1.54) is 11.1 Å². The summed E-state index contributed by atoms with van der Waals surface area (Å²) in [6, 6.07) is 0. The highest BCUT2D eigenvalue weighted by Gasteiger charge is 2.26. The number of hydrogen-bond acceptors (Lipinski definition) is 4. The predicted molar refractivity (Wildman–Crippen MR) is 73.8 cm³/mol. The topological polar surface area (TPSA) is 70.1 Å². The first-order chi connectivity index (χ1) is 9.02. The van der Waals surface area contributed by atoms with E-state index in [-0.39, 0.29) is 12.1 Å². The minimum atomic E-state index is -0.341. The third-order valence-electron chi connectivity index (χ3n) is 3.85. The van der Waals surface area contributed by atoms with E-state index < -0.39 is 0 Å². The van der Waals surface area contributed by atoms with E-state index in [0.29, 0.717) is 23.7 Å². The van der Waals surface area contributed by atoms with Crippen LogP contribution in [0.1, 0.15) is 55.7 Å². The standard InChI is InChI=1S/C14H23N3O2/c1-4-11-12(15)13(17(3)16-11)14(18)19-10-7-5-6-9(2)8-10/h9-10H,4-8,15H2,1-3H3. The van der Waals surface area contributed by atoms with Crippen molar-refractivity contribution < 1.29 is 9.53 Å². The molecule has 1 fully saturated rings. The fraction of sp³-hybridized carbons (Fsp3) is 0.714. The molecule has 0 spiro atoms. The number of nitrogens with zero attached hydrogens (tertiary/aromatic N) is 2. The van der Waals surface area contributed by atoms with Gasteiger partial charge in [0, 0.05) is 7.05 Å². The molecule has 1 aliphatic rings. The van der Waals surface area contributed by atoms with Crippen LogP contribution < -0.4 is 5.73 Å². The van der Waals surface area contributed by atoms with Crippen molar-refractivity contribution in [3.05, 3.63) is 11.4 Å². The van der Waals surface area contributed by atoms with E-state index in [0.717, 1.165) is 25.0 Å². The van der Waals surface area contributed by atoms with Crippen molar-refractivity contribution in [2.75, 3.05) is 5.73 Å². The summed E-state index contributed by atoms with van der Waals surface area (Å²) in [5.74, 6) is 0.285. The van der Waals surface area contributed by atoms with Gasteiger partial charge < -0.3 is 10.5 Å². The summed E-state index contributed by atoms with van der Waals surface area (Å²) in [7, 11) is 1.73. The van der Waals surface area contributed by atoms with Crippen LogP contribution in [0.3, 0.4) is 0 Å². The molecular formula is C14H23N3O2. The molecule has 0 aromatic carbocycles. The monoisotopic (exact) mass is 265 g/mol. The Morgan fingerprint density at radius 3 is 2.84 bits per heavy atom. The fourth-order valence-corrected chi connectivity index (χ4v) is 2.79. The van der Waals surface area contributed by atoms with E-state index in [1.807, 2.05) is 6.92 Å². The maximum absolute atomic E-state index is 12.2. The number of nitrogen functional groups attached to an aromatic ring is 1. The van der Waals surface area contributed by atoms with Gasteiger partial charge in [0.15, 0.2) is 5.69 Å². The highest BCUT2D eigenvalue weighted by atomic mass is 16.5. The van der Waals surface area contributed by atoms with Gasteiger partial charge in [0.25, 0.3) is 0 Å². The van der Waals surface area contributed by atoms with E-state index >= 15 is 0 Å². The number of rotatable bonds is 3. The maximum Gasteiger partial charge on any atom is 0.359 e. The number of aryl methyl sites for hydroxylation is 2. The molecule has 19 heavy (non-hydrogen) atoms. The molecule has 0 aliphatic heterocycles. The van der Waals surface area contributed by atoms with Crippen LogP contribution in [0.5, 0.6) is 0 Å². The highest BCUT2D eigenvalue weighted by molar-refractivity contribution is 5.93. The van der Waals surface area contributed by atoms with Crippen molar-refractivity contribution in [1.82, 2.24) is 9.78 Å². The molecule has 1 aromatic heterocycles. The number of ether oxygens (including phenoxy) is 1. The van der Waals surface area contributed by atoms with Crippen LogP contribution in [0.4, 0.5) is 5.69 Å². The lowest BCUT2D eigenvalue weighted by atomic mass is 9.89. The Hall–Kier alpha value is -1.52. The lowest BCUT2D eigenvalue weighted by Crippen LogP contribution is -2.26. The molecular weight excluding hydrogens is 242 g/mol. The molecule has 0 radical (unpaired) electrons. The number of carbonyl (C=O) groups excluding carboxylic acids is 1. The molecule has 1 saturated carbocycles. The highest BCUT2D eigenvalue weighted by Crippen LogP contribution is 2.27. The van der Waals surface area contributed by atoms with E-state index in [4.69, 9.17) is 10.5 Å². The maximum atomic E-state index is 12.2. The molecule has 5 heteroatoms. The summed E-state index contributed by atoms with van der Waals surface area (Å²) in [4.78, 5) is 12.2. The molecule has 5 nitrogen and oxygen atoms in total. The van der Waals surface area contributed by atoms with Crippen molar-refractivity contribution in [2.24, 2.45) is 13.0 Å². The van der Waals surface area contributed by atoms with Crippen LogP contribution in [0.25, 0.3) is 0 Å². The molecule has 2 N–H and O–H groups in total. The van der Waals surface area contributed by atoms with Gasteiger partial charge in [-0.05, 0) is 31.6 Å². The number of esters is 1. The zero-order chi connectivity index (χ0) is 14.0. The lowest BCUT2D eigenvalue weighted by molar-refractivity contribution is 0.0145. The minimum absolute atomic E-state index is 0.0237. The normalized spacial score (nSPS) is 23.3. The van der Waals surface area contributed by atoms with Crippen molar-refractivity contribution in [3.63, 3.8) is 0 Å². The minimum Gasteiger partial charge on any atom is -0.458 e. The van der Waals surface area contributed by atoms with Gasteiger partial charge in [0.1, 0.15) is 6.10 Å². The van der Waals surface area contributed by atoms with Gasteiger partial charge in [0.2, 0.25) is 0 Å². The number of hydrogen-bond donors (Lipinski definition) is 1. The van der Waals surface area contributed by atoms with Crippen LogP contribution in [-0.2, 0) is 18.2 Å². The van der Waals surface area contributed by atoms with Gasteiger partial charge in [-0.15, -0.1) is 0 Å². The molecule has 1 aliphatic carbocycles. The van der Waals surface area contributed by atoms with Crippen molar-refractivity contribution in [1.29, 1.82) is 0 Å². The number of carbonyl (C=O) groups is 1. The summed E-state index contributed by atoms with van der Waals surface area (Å²) in [6.07, 6.45) is 4.99. The van der Waals surface area contributed by atoms with Crippen LogP contribution in [0.2, 0.25) is 0 Å². The van der Waals surface area contributed by atoms with Crippen LogP contribution in [-0.4, -0.2) is 21.9 Å². The van der Waals surface area contributed by atoms with E-state index in [9.17, 15) is 4.79 Å². The average Bonchev–Trinajstić information content (AvgIpc) is 2.64. The molecule has 2 rings (SSSR count). The summed E-state index contributed by atoms with van der Waals surface area (Å²) in [5.41, 5.74) is 7.56. The lowest BCUT2D eigenvalue weighted by Gasteiger charge is -2.26. The van der Waals surface area contributed by atoms with Gasteiger partial charge in [-0.2, -0.15) is 5.10 Å². The number of aromatic nitrogens is 2. The summed E-state index contributed by atoms with van der Waals surface area (Å²) >= 11 is 0. The van der Waals surface area contributed by atoms with Crippen LogP contribution in [0, 0.1) is 5.92 Å². The van der Waals surface area contributed by atoms with Gasteiger partial charge in [-0.1, -0.05) is 20.3 Å². The third-order valence-corrected chi connectivity index (χ3v) is 3.85. The van der Waals surface area contributed by atoms with Gasteiger partial charge in [0.05, 0.1) is 11.4 Å². The molecule has 1 heterocycles. The van der Waals surface area contributed by atoms with Gasteiger partial charge in [-0.25, -0.2) is 4.79 Å². The summed E-state index contributed by atoms with van der Waals surface area (Å²) in [6.45, 7) is 4.17. The Morgan fingerprint density at radius 1 is 1.53 bits per heavy atom. The van der Waals surface area contributed by atoms with Crippen molar-refractivity contribution in [2.45, 2.75) is 52.1 Å². The smallest absolute Gasteiger partial charge is 0.359 e. The molecule has 2 unspecified atom stereocenters. The van der Waals surface area contributed by atoms with Crippen LogP contribution >= 0.6 is 0 Å². The predicted octanol–water partition coefficient (Wildman–Crippen LogP) is 2.30. The van der Waals surface area contributed by atoms with E-state index in [2.05, 4.69) is 12.0 Å². The molecule has 0 amide bonds. The second-order valence-corrected chi connectivity index (χ2v) is 5.49. The first kappa shape index (κ1) is 13.9. The Morgan fingerprint density at radius 2 is 2.26 bits per heavy atom. The van der Waals surface area contributed by atoms with E-state index in [1.54, 1.807) is 7.05 Å². The Bertz CT molecular complexity index is 468. The SMILES string of the molecule is CCc1nn(C)c(C(=O)OC2CCCC(C)C2)c1N. The quantitative estimate of drug-likeness (QED) is 0.851. The molecule has 1 aromatic rings. The first-order valence-electron chi connectivity index (χ1n) is 7.05. The second kappa shape index (κ2) is 5.63. The van der Waals surface area contributed by atoms with Gasteiger partial charge in [-0.3, -0.25) is 4.68 Å². The first-order valence-corrected chi connectivity index (χ1v) is 7.05. The summed E-state index contributed by atoms with van der Waals surface area (Å²) < 4.78 is 7.12. The molecule has 0 bridgehead atoms. The average molecular weight is 265 g/mol. The Labute approximate surface area is 114 Å². The second-order valence-electron chi connectivity index (χ2n) is 5.49. The zero-order valence-corrected chi connectivity index (χ0v) is 12.0. The Balaban J connectivity index is 2.09. The van der Waals surface area contributed by atoms with Gasteiger partial charge >= 0.3 is 5.97 Å². The Kier molecular flexibility index (Phi) is 4.12. The number of anilines is 1. The number of nitrogens with two attached hydrogens (primary N) is 1. The third kappa shape index (κ3) is 2.91.